The largest absolute Gasteiger partial charge is 0.502 e. The van der Waals surface area contributed by atoms with E-state index in [0.717, 1.165) is 50.1 Å². The van der Waals surface area contributed by atoms with E-state index in [9.17, 15) is 0 Å². The van der Waals surface area contributed by atoms with Gasteiger partial charge in [0.05, 0.1) is 9.52 Å². The highest BCUT2D eigenvalue weighted by molar-refractivity contribution is 6.93. The third-order valence-corrected chi connectivity index (χ3v) is 29.2. The molecule has 42 heavy (non-hydrogen) atoms. The Morgan fingerprint density at radius 3 is 1.29 bits per heavy atom. The molecule has 18 heteroatoms. The van der Waals surface area contributed by atoms with E-state index in [1.165, 1.54) is 0 Å². The fourth-order valence-corrected chi connectivity index (χ4v) is 25.7. The molecule has 0 heterocycles. The molecule has 0 amide bonds. The van der Waals surface area contributed by atoms with Crippen LogP contribution in [0.5, 0.6) is 0 Å². The Morgan fingerprint density at radius 2 is 0.952 bits per heavy atom. The maximum atomic E-state index is 6.99. The third kappa shape index (κ3) is 13.7. The second kappa shape index (κ2) is 20.8. The maximum Gasteiger partial charge on any atom is 0.502 e. The average molecular weight is 707 g/mol. The fourth-order valence-electron chi connectivity index (χ4n) is 5.01. The molecule has 0 aromatic rings. The highest BCUT2D eigenvalue weighted by Gasteiger charge is 2.54. The lowest BCUT2D eigenvalue weighted by molar-refractivity contribution is 0.119. The Labute approximate surface area is 264 Å². The predicted octanol–water partition coefficient (Wildman–Crippen LogP) is 3.34. The van der Waals surface area contributed by atoms with Gasteiger partial charge < -0.3 is 54.6 Å². The molecule has 2 N–H and O–H groups in total. The Kier molecular flexibility index (Phi) is 21.3. The van der Waals surface area contributed by atoms with Gasteiger partial charge in [-0.3, -0.25) is 0 Å². The summed E-state index contributed by atoms with van der Waals surface area (Å²) in [7, 11) is 3.54. The zero-order chi connectivity index (χ0) is 32.5. The van der Waals surface area contributed by atoms with E-state index in [2.05, 4.69) is 43.7 Å². The molecule has 0 aliphatic carbocycles. The minimum atomic E-state index is -2.79. The van der Waals surface area contributed by atoms with Crippen molar-refractivity contribution in [1.82, 2.24) is 10.6 Å². The Hall–Kier alpha value is 0.821. The lowest BCUT2D eigenvalue weighted by Crippen LogP contribution is -2.59. The highest BCUT2D eigenvalue weighted by atomic mass is 28.5. The molecule has 2 radical (unpaired) electrons. The van der Waals surface area contributed by atoms with Crippen LogP contribution >= 0.6 is 0 Å². The molecule has 1 unspecified atom stereocenters. The van der Waals surface area contributed by atoms with Crippen molar-refractivity contribution in [2.75, 3.05) is 77.1 Å². The van der Waals surface area contributed by atoms with Gasteiger partial charge in [0.1, 0.15) is 0 Å². The second-order valence-corrected chi connectivity index (χ2v) is 31.7. The molecule has 1 atom stereocenters. The van der Waals surface area contributed by atoms with E-state index >= 15 is 0 Å². The molecule has 0 bridgehead atoms. The topological polar surface area (TPSA) is 116 Å². The maximum absolute atomic E-state index is 6.99. The predicted molar refractivity (Wildman–Crippen MR) is 180 cm³/mol. The molecule has 0 spiro atoms. The molecular formula is C24H62N2O10Si6. The van der Waals surface area contributed by atoms with Gasteiger partial charge in [0.25, 0.3) is 0 Å². The summed E-state index contributed by atoms with van der Waals surface area (Å²) in [5.74, 6) is 0.182. The van der Waals surface area contributed by atoms with Crippen LogP contribution in [-0.4, -0.2) is 135 Å². The van der Waals surface area contributed by atoms with Crippen molar-refractivity contribution in [3.63, 3.8) is 0 Å². The molecule has 0 fully saturated rings. The standard InChI is InChI=1S/C24H62N2O10Si6/c1-23(42(33-8,34-9)35-10)39(13,14)36-38(11,12)22-19-37-24(25-17-15-20-40(27-2,28-3)29-4)26-18-16-21-41(30-5,31-6)32-7/h23-26H,15-22H2,1-14H3. The van der Waals surface area contributed by atoms with E-state index in [1.807, 2.05) is 0 Å². The molecule has 0 saturated heterocycles. The molecule has 0 aliphatic heterocycles. The van der Waals surface area contributed by atoms with Gasteiger partial charge in [0, 0.05) is 87.0 Å². The molecule has 0 aromatic carbocycles. The number of hydrogen-bond acceptors (Lipinski definition) is 12. The summed E-state index contributed by atoms with van der Waals surface area (Å²) in [4.78, 5) is 0. The molecule has 252 valence electrons. The van der Waals surface area contributed by atoms with E-state index < -0.39 is 43.0 Å². The zero-order valence-electron chi connectivity index (χ0n) is 28.9. The first-order valence-corrected chi connectivity index (χ1v) is 27.6. The molecule has 0 aliphatic rings. The van der Waals surface area contributed by atoms with Gasteiger partial charge in [-0.2, -0.15) is 0 Å². The number of nitrogens with one attached hydrogen (secondary N) is 2. The van der Waals surface area contributed by atoms with Gasteiger partial charge in [-0.1, -0.05) is 13.0 Å². The van der Waals surface area contributed by atoms with Gasteiger partial charge in [0.15, 0.2) is 16.6 Å². The summed E-state index contributed by atoms with van der Waals surface area (Å²) in [5, 5.41) is 7.54. The van der Waals surface area contributed by atoms with Crippen LogP contribution in [0.2, 0.25) is 55.5 Å². The van der Waals surface area contributed by atoms with Gasteiger partial charge in [-0.25, -0.2) is 0 Å². The van der Waals surface area contributed by atoms with Crippen LogP contribution < -0.4 is 10.6 Å². The molecule has 0 saturated carbocycles. The van der Waals surface area contributed by atoms with Crippen LogP contribution in [0, 0.1) is 0 Å². The summed E-state index contributed by atoms with van der Waals surface area (Å²) in [5.41, 5.74) is 0. The lowest BCUT2D eigenvalue weighted by Gasteiger charge is -2.42. The molecule has 0 aromatic heterocycles. The van der Waals surface area contributed by atoms with Crippen molar-refractivity contribution in [2.24, 2.45) is 0 Å². The van der Waals surface area contributed by atoms with Gasteiger partial charge in [-0.05, 0) is 58.2 Å². The lowest BCUT2D eigenvalue weighted by atomic mass is 10.4. The first kappa shape index (κ1) is 42.8. The van der Waals surface area contributed by atoms with E-state index in [0.29, 0.717) is 9.52 Å². The van der Waals surface area contributed by atoms with Crippen LogP contribution in [0.3, 0.4) is 0 Å². The summed E-state index contributed by atoms with van der Waals surface area (Å²) in [6.07, 6.45) is 1.78. The monoisotopic (exact) mass is 706 g/mol. The number of rotatable bonds is 27. The zero-order valence-corrected chi connectivity index (χ0v) is 34.9. The average Bonchev–Trinajstić information content (AvgIpc) is 2.98. The van der Waals surface area contributed by atoms with E-state index in [1.54, 1.807) is 64.0 Å². The SMILES string of the molecule is CO[Si](CCCNC(NCCC[Si](OC)(OC)OC)[Si]CC[Si](C)(C)O[Si](C)(C)C(C)[Si](OC)(OC)OC)(OC)OC. The second-order valence-electron chi connectivity index (χ2n) is 11.2. The van der Waals surface area contributed by atoms with E-state index in [4.69, 9.17) is 43.9 Å². The van der Waals surface area contributed by atoms with Crippen LogP contribution in [-0.2, 0) is 43.9 Å². The fraction of sp³-hybridized carbons (Fsp3) is 1.00. The third-order valence-electron chi connectivity index (χ3n) is 7.92. The highest BCUT2D eigenvalue weighted by Crippen LogP contribution is 2.36. The van der Waals surface area contributed by atoms with Gasteiger partial charge >= 0.3 is 26.4 Å². The quantitative estimate of drug-likeness (QED) is 0.0742. The molecule has 12 nitrogen and oxygen atoms in total. The minimum Gasteiger partial charge on any atom is -0.455 e. The van der Waals surface area contributed by atoms with Crippen molar-refractivity contribution < 1.29 is 43.9 Å². The normalized spacial score (nSPS) is 14.6. The van der Waals surface area contributed by atoms with Gasteiger partial charge in [-0.15, -0.1) is 0 Å². The Balaban J connectivity index is 5.24. The summed E-state index contributed by atoms with van der Waals surface area (Å²) < 4.78 is 57.9. The van der Waals surface area contributed by atoms with Crippen LogP contribution in [0.25, 0.3) is 0 Å². The Bertz CT molecular complexity index is 652. The van der Waals surface area contributed by atoms with Crippen molar-refractivity contribution in [1.29, 1.82) is 0 Å². The molecular weight excluding hydrogens is 645 g/mol. The van der Waals surface area contributed by atoms with E-state index in [-0.39, 0.29) is 11.0 Å². The van der Waals surface area contributed by atoms with Gasteiger partial charge in [0.2, 0.25) is 0 Å². The number of hydrogen-bond donors (Lipinski definition) is 2. The Morgan fingerprint density at radius 1 is 0.571 bits per heavy atom. The smallest absolute Gasteiger partial charge is 0.455 e. The summed E-state index contributed by atoms with van der Waals surface area (Å²) in [6, 6.07) is 3.65. The van der Waals surface area contributed by atoms with Crippen LogP contribution in [0.1, 0.15) is 19.8 Å². The van der Waals surface area contributed by atoms with Crippen LogP contribution in [0.15, 0.2) is 0 Å². The van der Waals surface area contributed by atoms with Crippen molar-refractivity contribution in [3.8, 4) is 0 Å². The van der Waals surface area contributed by atoms with Crippen molar-refractivity contribution in [2.45, 2.75) is 81.1 Å². The first-order valence-electron chi connectivity index (χ1n) is 14.6. The summed E-state index contributed by atoms with van der Waals surface area (Å²) in [6.45, 7) is 13.0. The summed E-state index contributed by atoms with van der Waals surface area (Å²) >= 11 is 0. The molecule has 0 rings (SSSR count). The minimum absolute atomic E-state index is 0.110. The van der Waals surface area contributed by atoms with Crippen molar-refractivity contribution in [3.05, 3.63) is 0 Å². The van der Waals surface area contributed by atoms with Crippen LogP contribution in [0.4, 0.5) is 0 Å². The van der Waals surface area contributed by atoms with Crippen molar-refractivity contribution >= 4 is 52.6 Å². The first-order chi connectivity index (χ1) is 19.7.